The quantitative estimate of drug-likeness (QED) is 0.153. The largest absolute Gasteiger partial charge is 0.493 e. The Morgan fingerprint density at radius 2 is 1.78 bits per heavy atom. The van der Waals surface area contributed by atoms with E-state index in [1.807, 2.05) is 24.3 Å². The molecule has 1 aromatic heterocycles. The highest BCUT2D eigenvalue weighted by Gasteiger charge is 2.22. The zero-order chi connectivity index (χ0) is 26.0. The molecule has 4 aromatic rings. The molecule has 0 aliphatic rings. The van der Waals surface area contributed by atoms with E-state index in [4.69, 9.17) is 18.6 Å². The fourth-order valence-electron chi connectivity index (χ4n) is 4.07. The summed E-state index contributed by atoms with van der Waals surface area (Å²) < 4.78 is 22.4. The normalized spacial score (nSPS) is 11.6. The molecule has 0 aliphatic carbocycles. The third-order valence-corrected chi connectivity index (χ3v) is 6.19. The van der Waals surface area contributed by atoms with Crippen LogP contribution in [0, 0.1) is 6.92 Å². The molecule has 0 spiro atoms. The van der Waals surface area contributed by atoms with E-state index in [0.29, 0.717) is 12.5 Å². The number of hydrogen-bond acceptors (Lipinski definition) is 6. The van der Waals surface area contributed by atoms with E-state index in [-0.39, 0.29) is 18.3 Å². The van der Waals surface area contributed by atoms with Gasteiger partial charge in [-0.25, -0.2) is 4.98 Å². The molecule has 0 N–H and O–H groups in total. The van der Waals surface area contributed by atoms with E-state index < -0.39 is 0 Å². The molecule has 0 fully saturated rings. The summed E-state index contributed by atoms with van der Waals surface area (Å²) in [4.78, 5) is 16.1. The second kappa shape index (κ2) is 12.8. The molecule has 0 bridgehead atoms. The average Bonchev–Trinajstić information content (AvgIpc) is 3.47. The van der Waals surface area contributed by atoms with Crippen LogP contribution < -0.4 is 9.47 Å². The fourth-order valence-corrected chi connectivity index (χ4v) is 4.07. The van der Waals surface area contributed by atoms with Gasteiger partial charge in [0.1, 0.15) is 24.4 Å². The smallest absolute Gasteiger partial charge is 0.306 e. The summed E-state index contributed by atoms with van der Waals surface area (Å²) in [6.45, 7) is 5.42. The van der Waals surface area contributed by atoms with Crippen molar-refractivity contribution in [2.75, 3.05) is 13.7 Å². The monoisotopic (exact) mass is 499 g/mol. The number of aromatic nitrogens is 1. The summed E-state index contributed by atoms with van der Waals surface area (Å²) in [6.07, 6.45) is 5.36. The minimum Gasteiger partial charge on any atom is -0.493 e. The molecular formula is C31H33NO5. The van der Waals surface area contributed by atoms with Crippen molar-refractivity contribution < 1.29 is 23.4 Å². The first-order valence-electron chi connectivity index (χ1n) is 12.6. The number of methoxy groups -OCH3 is 1. The number of carbonyl (C=O) groups excluding carboxylic acids is 1. The zero-order valence-electron chi connectivity index (χ0n) is 21.6. The molecule has 0 saturated carbocycles. The minimum atomic E-state index is -0.322. The minimum absolute atomic E-state index is 0.149. The number of unbranched alkanes of at least 4 members (excludes halogenated alkanes) is 1. The van der Waals surface area contributed by atoms with E-state index in [1.54, 1.807) is 6.20 Å². The summed E-state index contributed by atoms with van der Waals surface area (Å²) >= 11 is 0. The molecule has 1 atom stereocenters. The lowest BCUT2D eigenvalue weighted by molar-refractivity contribution is -0.141. The number of rotatable bonds is 12. The van der Waals surface area contributed by atoms with Gasteiger partial charge in [-0.1, -0.05) is 61.4 Å². The number of oxazole rings is 1. The molecule has 6 heteroatoms. The maximum Gasteiger partial charge on any atom is 0.306 e. The lowest BCUT2D eigenvalue weighted by Gasteiger charge is -2.14. The predicted octanol–water partition coefficient (Wildman–Crippen LogP) is 7.10. The number of esters is 1. The van der Waals surface area contributed by atoms with Crippen LogP contribution in [0.4, 0.5) is 0 Å². The number of nitrogens with zero attached hydrogens (tertiary/aromatic N) is 1. The van der Waals surface area contributed by atoms with E-state index in [0.717, 1.165) is 53.2 Å². The van der Waals surface area contributed by atoms with Crippen molar-refractivity contribution >= 4 is 5.97 Å². The summed E-state index contributed by atoms with van der Waals surface area (Å²) in [6, 6.07) is 22.3. The zero-order valence-corrected chi connectivity index (χ0v) is 21.6. The molecule has 0 radical (unpaired) electrons. The van der Waals surface area contributed by atoms with E-state index in [1.165, 1.54) is 18.9 Å². The van der Waals surface area contributed by atoms with Crippen LogP contribution in [-0.4, -0.2) is 24.7 Å². The Kier molecular flexibility index (Phi) is 8.98. The van der Waals surface area contributed by atoms with Gasteiger partial charge in [-0.2, -0.15) is 0 Å². The maximum atomic E-state index is 11.9. The van der Waals surface area contributed by atoms with E-state index in [2.05, 4.69) is 61.3 Å². The van der Waals surface area contributed by atoms with Gasteiger partial charge in [0, 0.05) is 5.56 Å². The van der Waals surface area contributed by atoms with Gasteiger partial charge >= 0.3 is 5.97 Å². The SMILES string of the molecule is CCCCOc1ccc(C)cc1-c1ccc(COc2ccc(C(CC(=O)OC)c3ncco3)cc2)cc1. The third-order valence-electron chi connectivity index (χ3n) is 6.19. The van der Waals surface area contributed by atoms with Crippen LogP contribution in [0.15, 0.2) is 83.6 Å². The van der Waals surface area contributed by atoms with Gasteiger partial charge in [0.15, 0.2) is 0 Å². The molecule has 6 nitrogen and oxygen atoms in total. The molecule has 4 rings (SSSR count). The van der Waals surface area contributed by atoms with Gasteiger partial charge in [0.25, 0.3) is 0 Å². The predicted molar refractivity (Wildman–Crippen MR) is 143 cm³/mol. The van der Waals surface area contributed by atoms with Crippen LogP contribution in [0.3, 0.4) is 0 Å². The van der Waals surface area contributed by atoms with Gasteiger partial charge in [-0.3, -0.25) is 4.79 Å². The second-order valence-corrected chi connectivity index (χ2v) is 8.96. The van der Waals surface area contributed by atoms with Crippen molar-refractivity contribution in [3.63, 3.8) is 0 Å². The first-order chi connectivity index (χ1) is 18.1. The number of hydrogen-bond donors (Lipinski definition) is 0. The Labute approximate surface area is 218 Å². The maximum absolute atomic E-state index is 11.9. The number of benzene rings is 3. The molecule has 0 aliphatic heterocycles. The van der Waals surface area contributed by atoms with Crippen molar-refractivity contribution in [2.45, 2.75) is 45.6 Å². The second-order valence-electron chi connectivity index (χ2n) is 8.96. The van der Waals surface area contributed by atoms with Gasteiger partial charge in [-0.05, 0) is 54.3 Å². The van der Waals surface area contributed by atoms with Crippen LogP contribution >= 0.6 is 0 Å². The molecule has 0 amide bonds. The topological polar surface area (TPSA) is 70.8 Å². The van der Waals surface area contributed by atoms with Crippen molar-refractivity contribution in [3.05, 3.63) is 102 Å². The van der Waals surface area contributed by atoms with Gasteiger partial charge in [0.05, 0.1) is 32.3 Å². The summed E-state index contributed by atoms with van der Waals surface area (Å²) in [5.41, 5.74) is 5.39. The van der Waals surface area contributed by atoms with E-state index in [9.17, 15) is 4.79 Å². The Bertz CT molecular complexity index is 1260. The summed E-state index contributed by atoms with van der Waals surface area (Å²) in [7, 11) is 1.37. The number of aryl methyl sites for hydroxylation is 1. The number of ether oxygens (including phenoxy) is 3. The first-order valence-corrected chi connectivity index (χ1v) is 12.6. The Balaban J connectivity index is 1.41. The molecule has 0 saturated heterocycles. The number of carbonyl (C=O) groups is 1. The molecular weight excluding hydrogens is 466 g/mol. The van der Waals surface area contributed by atoms with Crippen LogP contribution in [-0.2, 0) is 16.1 Å². The van der Waals surface area contributed by atoms with Crippen LogP contribution in [0.2, 0.25) is 0 Å². The highest BCUT2D eigenvalue weighted by molar-refractivity contribution is 5.72. The van der Waals surface area contributed by atoms with Gasteiger partial charge in [0.2, 0.25) is 5.89 Å². The van der Waals surface area contributed by atoms with Gasteiger partial charge < -0.3 is 18.6 Å². The van der Waals surface area contributed by atoms with Gasteiger partial charge in [-0.15, -0.1) is 0 Å². The summed E-state index contributed by atoms with van der Waals surface area (Å²) in [5, 5.41) is 0. The first kappa shape index (κ1) is 26.0. The Morgan fingerprint density at radius 3 is 2.46 bits per heavy atom. The molecule has 3 aromatic carbocycles. The van der Waals surface area contributed by atoms with Crippen molar-refractivity contribution in [1.29, 1.82) is 0 Å². The lowest BCUT2D eigenvalue weighted by Crippen LogP contribution is -2.10. The molecule has 1 heterocycles. The molecule has 37 heavy (non-hydrogen) atoms. The van der Waals surface area contributed by atoms with E-state index >= 15 is 0 Å². The van der Waals surface area contributed by atoms with Crippen molar-refractivity contribution in [3.8, 4) is 22.6 Å². The van der Waals surface area contributed by atoms with Crippen LogP contribution in [0.25, 0.3) is 11.1 Å². The van der Waals surface area contributed by atoms with Crippen molar-refractivity contribution in [2.24, 2.45) is 0 Å². The highest BCUT2D eigenvalue weighted by atomic mass is 16.5. The molecule has 1 unspecified atom stereocenters. The highest BCUT2D eigenvalue weighted by Crippen LogP contribution is 2.32. The third kappa shape index (κ3) is 7.00. The lowest BCUT2D eigenvalue weighted by atomic mass is 9.95. The fraction of sp³-hybridized carbons (Fsp3) is 0.290. The average molecular weight is 500 g/mol. The van der Waals surface area contributed by atoms with Crippen LogP contribution in [0.5, 0.6) is 11.5 Å². The van der Waals surface area contributed by atoms with Crippen molar-refractivity contribution in [1.82, 2.24) is 4.98 Å². The Hall–Kier alpha value is -4.06. The standard InChI is InChI=1S/C31H33NO5/c1-4-5-17-35-29-15-6-22(2)19-27(29)24-9-7-23(8-10-24)21-37-26-13-11-25(12-14-26)28(20-30(33)34-3)31-32-16-18-36-31/h6-16,18-19,28H,4-5,17,20-21H2,1-3H3. The summed E-state index contributed by atoms with van der Waals surface area (Å²) in [5.74, 6) is 1.49. The molecule has 192 valence electrons. The van der Waals surface area contributed by atoms with Crippen LogP contribution in [0.1, 0.15) is 54.7 Å². The Morgan fingerprint density at radius 1 is 1.00 bits per heavy atom.